The van der Waals surface area contributed by atoms with Crippen molar-refractivity contribution in [1.82, 2.24) is 10.6 Å². The molecule has 2 aromatic carbocycles. The molecule has 0 saturated carbocycles. The lowest BCUT2D eigenvalue weighted by atomic mass is 10.0. The van der Waals surface area contributed by atoms with Gasteiger partial charge in [-0.15, -0.1) is 6.58 Å². The lowest BCUT2D eigenvalue weighted by molar-refractivity contribution is -0.126. The number of nitrogens with one attached hydrogen (secondary N) is 2. The van der Waals surface area contributed by atoms with Crippen molar-refractivity contribution in [3.8, 4) is 0 Å². The molecule has 2 rings (SSSR count). The second-order valence-corrected chi connectivity index (χ2v) is 5.82. The maximum absolute atomic E-state index is 13.4. The standard InChI is InChI=1S/C21H20F2N2O2/c1-2-10-24-21(27)19(13-16-11-17(22)14-18(23)12-16)25-20(26)9-8-15-6-4-3-5-7-15/h2-9,11-12,14,19H,1,10,13H2,(H,24,27)(H,25,26)/b9-8+/t19-/m0/s1. The molecule has 0 aliphatic rings. The van der Waals surface area contributed by atoms with Crippen molar-refractivity contribution in [2.45, 2.75) is 12.5 Å². The van der Waals surface area contributed by atoms with Crippen molar-refractivity contribution in [2.75, 3.05) is 6.54 Å². The van der Waals surface area contributed by atoms with E-state index in [4.69, 9.17) is 0 Å². The zero-order chi connectivity index (χ0) is 19.6. The molecule has 0 fully saturated rings. The highest BCUT2D eigenvalue weighted by Gasteiger charge is 2.20. The number of rotatable bonds is 8. The summed E-state index contributed by atoms with van der Waals surface area (Å²) in [6.07, 6.45) is 4.35. The van der Waals surface area contributed by atoms with Gasteiger partial charge in [0.05, 0.1) is 0 Å². The Bertz CT molecular complexity index is 815. The van der Waals surface area contributed by atoms with Crippen molar-refractivity contribution >= 4 is 17.9 Å². The van der Waals surface area contributed by atoms with Gasteiger partial charge < -0.3 is 10.6 Å². The summed E-state index contributed by atoms with van der Waals surface area (Å²) in [6, 6.07) is 11.2. The number of carbonyl (C=O) groups excluding carboxylic acids is 2. The van der Waals surface area contributed by atoms with Gasteiger partial charge in [-0.25, -0.2) is 8.78 Å². The van der Waals surface area contributed by atoms with Gasteiger partial charge in [0.15, 0.2) is 0 Å². The quantitative estimate of drug-likeness (QED) is 0.554. The molecule has 0 aromatic heterocycles. The van der Waals surface area contributed by atoms with E-state index >= 15 is 0 Å². The molecule has 4 nitrogen and oxygen atoms in total. The molecule has 27 heavy (non-hydrogen) atoms. The largest absolute Gasteiger partial charge is 0.351 e. The fourth-order valence-corrected chi connectivity index (χ4v) is 2.43. The van der Waals surface area contributed by atoms with Gasteiger partial charge in [0.2, 0.25) is 11.8 Å². The van der Waals surface area contributed by atoms with Gasteiger partial charge in [0.25, 0.3) is 0 Å². The van der Waals surface area contributed by atoms with Crippen LogP contribution in [0.4, 0.5) is 8.78 Å². The van der Waals surface area contributed by atoms with Crippen LogP contribution in [0.3, 0.4) is 0 Å². The Kier molecular flexibility index (Phi) is 7.43. The summed E-state index contributed by atoms with van der Waals surface area (Å²) in [5.41, 5.74) is 1.09. The Labute approximate surface area is 156 Å². The molecular weight excluding hydrogens is 350 g/mol. The summed E-state index contributed by atoms with van der Waals surface area (Å²) in [7, 11) is 0. The van der Waals surface area contributed by atoms with E-state index in [-0.39, 0.29) is 18.5 Å². The van der Waals surface area contributed by atoms with Gasteiger partial charge in [-0.3, -0.25) is 9.59 Å². The fraction of sp³-hybridized carbons (Fsp3) is 0.143. The third kappa shape index (κ3) is 6.86. The summed E-state index contributed by atoms with van der Waals surface area (Å²) in [4.78, 5) is 24.5. The molecule has 0 aliphatic heterocycles. The van der Waals surface area contributed by atoms with Gasteiger partial charge in [0.1, 0.15) is 17.7 Å². The highest BCUT2D eigenvalue weighted by atomic mass is 19.1. The zero-order valence-electron chi connectivity index (χ0n) is 14.6. The number of benzene rings is 2. The van der Waals surface area contributed by atoms with E-state index in [2.05, 4.69) is 17.2 Å². The molecule has 0 bridgehead atoms. The van der Waals surface area contributed by atoms with E-state index in [1.165, 1.54) is 12.2 Å². The maximum Gasteiger partial charge on any atom is 0.244 e. The zero-order valence-corrected chi connectivity index (χ0v) is 14.6. The number of hydrogen-bond acceptors (Lipinski definition) is 2. The van der Waals surface area contributed by atoms with Crippen molar-refractivity contribution in [3.05, 3.63) is 90.0 Å². The first kappa shape index (κ1) is 20.0. The second-order valence-electron chi connectivity index (χ2n) is 5.82. The molecule has 0 unspecified atom stereocenters. The van der Waals surface area contributed by atoms with Gasteiger partial charge in [-0.05, 0) is 29.3 Å². The van der Waals surface area contributed by atoms with Gasteiger partial charge in [-0.2, -0.15) is 0 Å². The van der Waals surface area contributed by atoms with Crippen LogP contribution in [0.2, 0.25) is 0 Å². The van der Waals surface area contributed by atoms with E-state index in [0.717, 1.165) is 23.8 Å². The molecule has 1 atom stereocenters. The molecule has 2 amide bonds. The number of halogens is 2. The topological polar surface area (TPSA) is 58.2 Å². The van der Waals surface area contributed by atoms with E-state index in [0.29, 0.717) is 0 Å². The molecule has 0 saturated heterocycles. The molecule has 0 heterocycles. The molecule has 140 valence electrons. The SMILES string of the molecule is C=CCNC(=O)[C@H](Cc1cc(F)cc(F)c1)NC(=O)/C=C/c1ccccc1. The van der Waals surface area contributed by atoms with E-state index in [9.17, 15) is 18.4 Å². The van der Waals surface area contributed by atoms with Gasteiger partial charge in [0, 0.05) is 25.1 Å². The van der Waals surface area contributed by atoms with Crippen molar-refractivity contribution in [2.24, 2.45) is 0 Å². The number of amides is 2. The van der Waals surface area contributed by atoms with E-state index < -0.39 is 29.5 Å². The summed E-state index contributed by atoms with van der Waals surface area (Å²) in [5, 5.41) is 5.14. The average molecular weight is 370 g/mol. The molecular formula is C21H20F2N2O2. The van der Waals surface area contributed by atoms with Gasteiger partial charge >= 0.3 is 0 Å². The number of hydrogen-bond donors (Lipinski definition) is 2. The monoisotopic (exact) mass is 370 g/mol. The third-order valence-electron chi connectivity index (χ3n) is 3.64. The van der Waals surface area contributed by atoms with Crippen LogP contribution in [0.5, 0.6) is 0 Å². The van der Waals surface area contributed by atoms with Crippen LogP contribution in [0.1, 0.15) is 11.1 Å². The lowest BCUT2D eigenvalue weighted by Gasteiger charge is -2.17. The number of carbonyl (C=O) groups is 2. The first-order valence-electron chi connectivity index (χ1n) is 8.35. The molecule has 2 N–H and O–H groups in total. The Morgan fingerprint density at radius 1 is 1.07 bits per heavy atom. The Hall–Kier alpha value is -3.28. The van der Waals surface area contributed by atoms with Crippen LogP contribution >= 0.6 is 0 Å². The maximum atomic E-state index is 13.4. The third-order valence-corrected chi connectivity index (χ3v) is 3.64. The van der Waals surface area contributed by atoms with Crippen molar-refractivity contribution in [3.63, 3.8) is 0 Å². The smallest absolute Gasteiger partial charge is 0.244 e. The van der Waals surface area contributed by atoms with Crippen LogP contribution in [0, 0.1) is 11.6 Å². The molecule has 0 radical (unpaired) electrons. The summed E-state index contributed by atoms with van der Waals surface area (Å²) < 4.78 is 26.8. The van der Waals surface area contributed by atoms with Crippen LogP contribution in [0.25, 0.3) is 6.08 Å². The lowest BCUT2D eigenvalue weighted by Crippen LogP contribution is -2.47. The molecule has 6 heteroatoms. The minimum atomic E-state index is -0.987. The summed E-state index contributed by atoms with van der Waals surface area (Å²) >= 11 is 0. The Morgan fingerprint density at radius 2 is 1.74 bits per heavy atom. The minimum absolute atomic E-state index is 0.0530. The van der Waals surface area contributed by atoms with Crippen LogP contribution < -0.4 is 10.6 Å². The fourth-order valence-electron chi connectivity index (χ4n) is 2.43. The predicted octanol–water partition coefficient (Wildman–Crippen LogP) is 3.01. The normalized spacial score (nSPS) is 11.8. The van der Waals surface area contributed by atoms with Gasteiger partial charge in [-0.1, -0.05) is 36.4 Å². The summed E-state index contributed by atoms with van der Waals surface area (Å²) in [6.45, 7) is 3.72. The molecule has 0 aliphatic carbocycles. The van der Waals surface area contributed by atoms with Crippen LogP contribution in [-0.2, 0) is 16.0 Å². The minimum Gasteiger partial charge on any atom is -0.351 e. The predicted molar refractivity (Wildman–Crippen MR) is 101 cm³/mol. The highest BCUT2D eigenvalue weighted by molar-refractivity contribution is 5.95. The van der Waals surface area contributed by atoms with Crippen LogP contribution in [-0.4, -0.2) is 24.4 Å². The van der Waals surface area contributed by atoms with Crippen LogP contribution in [0.15, 0.2) is 67.3 Å². The first-order chi connectivity index (χ1) is 13.0. The molecule has 0 spiro atoms. The van der Waals surface area contributed by atoms with Crippen molar-refractivity contribution < 1.29 is 18.4 Å². The van der Waals surface area contributed by atoms with E-state index in [1.54, 1.807) is 6.08 Å². The molecule has 2 aromatic rings. The Balaban J connectivity index is 2.11. The highest BCUT2D eigenvalue weighted by Crippen LogP contribution is 2.11. The van der Waals surface area contributed by atoms with Crippen molar-refractivity contribution in [1.29, 1.82) is 0 Å². The Morgan fingerprint density at radius 3 is 2.37 bits per heavy atom. The van der Waals surface area contributed by atoms with E-state index in [1.807, 2.05) is 30.3 Å². The summed E-state index contributed by atoms with van der Waals surface area (Å²) in [5.74, 6) is -2.45. The first-order valence-corrected chi connectivity index (χ1v) is 8.35. The average Bonchev–Trinajstić information content (AvgIpc) is 2.64. The second kappa shape index (κ2) is 10.0.